The minimum Gasteiger partial charge on any atom is -0.484 e. The van der Waals surface area contributed by atoms with E-state index in [1.54, 1.807) is 29.2 Å². The lowest BCUT2D eigenvalue weighted by Crippen LogP contribution is -2.34. The second kappa shape index (κ2) is 8.58. The molecular weight excluding hydrogens is 376 g/mol. The van der Waals surface area contributed by atoms with Crippen LogP contribution in [0.4, 0.5) is 8.78 Å². The smallest absolute Gasteiger partial charge is 0.260 e. The van der Waals surface area contributed by atoms with Crippen molar-refractivity contribution >= 4 is 16.7 Å². The minimum absolute atomic E-state index is 0.0687. The lowest BCUT2D eigenvalue weighted by Gasteiger charge is -2.17. The largest absolute Gasteiger partial charge is 0.484 e. The van der Waals surface area contributed by atoms with Crippen molar-refractivity contribution in [3.8, 4) is 5.75 Å². The summed E-state index contributed by atoms with van der Waals surface area (Å²) in [7, 11) is -1.60. The van der Waals surface area contributed by atoms with Crippen LogP contribution in [0.25, 0.3) is 0 Å². The Kier molecular flexibility index (Phi) is 6.18. The number of rotatable bonds is 6. The first-order valence-electron chi connectivity index (χ1n) is 8.43. The Balaban J connectivity index is 1.54. The lowest BCUT2D eigenvalue weighted by molar-refractivity contribution is -0.132. The van der Waals surface area contributed by atoms with E-state index in [-0.39, 0.29) is 35.8 Å². The molecule has 27 heavy (non-hydrogen) atoms. The third-order valence-corrected chi connectivity index (χ3v) is 6.03. The van der Waals surface area contributed by atoms with E-state index in [2.05, 4.69) is 0 Å². The molecule has 0 aliphatic carbocycles. The number of halogens is 2. The molecule has 1 aliphatic rings. The van der Waals surface area contributed by atoms with Crippen molar-refractivity contribution in [3.63, 3.8) is 0 Å². The van der Waals surface area contributed by atoms with Gasteiger partial charge in [0, 0.05) is 24.1 Å². The monoisotopic (exact) mass is 395 g/mol. The van der Waals surface area contributed by atoms with Gasteiger partial charge < -0.3 is 14.7 Å². The van der Waals surface area contributed by atoms with Crippen molar-refractivity contribution in [3.05, 3.63) is 59.7 Å². The Labute approximate surface area is 158 Å². The van der Waals surface area contributed by atoms with Crippen LogP contribution in [-0.4, -0.2) is 45.1 Å². The van der Waals surface area contributed by atoms with Crippen LogP contribution in [0.1, 0.15) is 12.0 Å². The molecule has 0 aromatic heterocycles. The summed E-state index contributed by atoms with van der Waals surface area (Å²) in [5.41, 5.74) is 0.743. The molecule has 5 nitrogen and oxygen atoms in total. The van der Waals surface area contributed by atoms with E-state index in [0.717, 1.165) is 23.8 Å². The fourth-order valence-corrected chi connectivity index (χ4v) is 4.37. The molecule has 2 aromatic carbocycles. The van der Waals surface area contributed by atoms with Gasteiger partial charge in [-0.15, -0.1) is 0 Å². The van der Waals surface area contributed by atoms with Crippen LogP contribution in [0.5, 0.6) is 5.75 Å². The number of ether oxygens (including phenoxy) is 1. The van der Waals surface area contributed by atoms with Gasteiger partial charge in [-0.25, -0.2) is 8.78 Å². The SMILES string of the molecule is O=C(COc1ccc(CO)cc1)N1CCC(S(=O)c2cc(F)cc(F)c2)C1. The molecule has 0 saturated carbocycles. The number of nitrogens with zero attached hydrogens (tertiary/aromatic N) is 1. The van der Waals surface area contributed by atoms with Crippen molar-refractivity contribution in [2.24, 2.45) is 0 Å². The second-order valence-electron chi connectivity index (χ2n) is 6.24. The highest BCUT2D eigenvalue weighted by atomic mass is 32.2. The molecule has 2 atom stereocenters. The zero-order valence-electron chi connectivity index (χ0n) is 14.4. The van der Waals surface area contributed by atoms with Gasteiger partial charge in [0.05, 0.1) is 22.7 Å². The molecule has 1 amide bonds. The molecule has 0 spiro atoms. The number of carbonyl (C=O) groups is 1. The van der Waals surface area contributed by atoms with Crippen LogP contribution in [0, 0.1) is 11.6 Å². The van der Waals surface area contributed by atoms with Gasteiger partial charge in [-0.1, -0.05) is 12.1 Å². The summed E-state index contributed by atoms with van der Waals surface area (Å²) in [6.45, 7) is 0.434. The molecule has 1 aliphatic heterocycles. The van der Waals surface area contributed by atoms with E-state index < -0.39 is 22.4 Å². The van der Waals surface area contributed by atoms with Crippen molar-refractivity contribution in [1.82, 2.24) is 4.90 Å². The highest BCUT2D eigenvalue weighted by Gasteiger charge is 2.31. The van der Waals surface area contributed by atoms with Gasteiger partial charge in [-0.05, 0) is 36.2 Å². The van der Waals surface area contributed by atoms with E-state index in [9.17, 15) is 17.8 Å². The Hall–Kier alpha value is -2.32. The third kappa shape index (κ3) is 4.90. The molecule has 8 heteroatoms. The summed E-state index contributed by atoms with van der Waals surface area (Å²) >= 11 is 0. The summed E-state index contributed by atoms with van der Waals surface area (Å²) in [4.78, 5) is 13.9. The number of hydrogen-bond acceptors (Lipinski definition) is 4. The Morgan fingerprint density at radius 1 is 1.19 bits per heavy atom. The third-order valence-electron chi connectivity index (χ3n) is 4.34. The molecule has 2 aromatic rings. The zero-order valence-corrected chi connectivity index (χ0v) is 15.3. The minimum atomic E-state index is -1.60. The maximum Gasteiger partial charge on any atom is 0.260 e. The van der Waals surface area contributed by atoms with Gasteiger partial charge >= 0.3 is 0 Å². The van der Waals surface area contributed by atoms with Crippen molar-refractivity contribution in [1.29, 1.82) is 0 Å². The molecule has 1 saturated heterocycles. The number of aliphatic hydroxyl groups excluding tert-OH is 1. The van der Waals surface area contributed by atoms with Gasteiger partial charge in [0.2, 0.25) is 0 Å². The molecule has 3 rings (SSSR count). The zero-order chi connectivity index (χ0) is 19.4. The van der Waals surface area contributed by atoms with Gasteiger partial charge in [-0.3, -0.25) is 9.00 Å². The van der Waals surface area contributed by atoms with Crippen LogP contribution in [0.15, 0.2) is 47.4 Å². The Morgan fingerprint density at radius 3 is 2.48 bits per heavy atom. The molecule has 0 radical (unpaired) electrons. The quantitative estimate of drug-likeness (QED) is 0.815. The van der Waals surface area contributed by atoms with Gasteiger partial charge in [0.1, 0.15) is 17.4 Å². The summed E-state index contributed by atoms with van der Waals surface area (Å²) in [5, 5.41) is 8.63. The summed E-state index contributed by atoms with van der Waals surface area (Å²) in [6, 6.07) is 9.58. The van der Waals surface area contributed by atoms with Gasteiger partial charge in [0.15, 0.2) is 6.61 Å². The highest BCUT2D eigenvalue weighted by Crippen LogP contribution is 2.22. The first-order valence-corrected chi connectivity index (χ1v) is 9.64. The normalized spacial score (nSPS) is 17.7. The fourth-order valence-electron chi connectivity index (χ4n) is 2.89. The highest BCUT2D eigenvalue weighted by molar-refractivity contribution is 7.85. The standard InChI is InChI=1S/C19H19F2NO4S/c20-14-7-15(21)9-18(8-14)27(25)17-5-6-22(10-17)19(24)12-26-16-3-1-13(11-23)2-4-16/h1-4,7-9,17,23H,5-6,10-12H2. The van der Waals surface area contributed by atoms with Crippen LogP contribution < -0.4 is 4.74 Å². The van der Waals surface area contributed by atoms with Crippen LogP contribution in [0.3, 0.4) is 0 Å². The van der Waals surface area contributed by atoms with Gasteiger partial charge in [-0.2, -0.15) is 0 Å². The van der Waals surface area contributed by atoms with Crippen LogP contribution in [-0.2, 0) is 22.2 Å². The van der Waals surface area contributed by atoms with Crippen molar-refractivity contribution < 1.29 is 27.6 Å². The number of carbonyl (C=O) groups excluding carboxylic acids is 1. The van der Waals surface area contributed by atoms with Crippen molar-refractivity contribution in [2.75, 3.05) is 19.7 Å². The molecule has 2 unspecified atom stereocenters. The summed E-state index contributed by atoms with van der Waals surface area (Å²) in [6.07, 6.45) is 0.488. The van der Waals surface area contributed by atoms with Crippen molar-refractivity contribution in [2.45, 2.75) is 23.2 Å². The number of likely N-dealkylation sites (tertiary alicyclic amines) is 1. The predicted molar refractivity (Wildman–Crippen MR) is 95.6 cm³/mol. The first kappa shape index (κ1) is 19.4. The average molecular weight is 395 g/mol. The van der Waals surface area contributed by atoms with Gasteiger partial charge in [0.25, 0.3) is 5.91 Å². The average Bonchev–Trinajstić information content (AvgIpc) is 3.15. The molecular formula is C19H19F2NO4S. The predicted octanol–water partition coefficient (Wildman–Crippen LogP) is 2.24. The van der Waals surface area contributed by atoms with E-state index >= 15 is 0 Å². The topological polar surface area (TPSA) is 66.8 Å². The Morgan fingerprint density at radius 2 is 1.85 bits per heavy atom. The van der Waals surface area contributed by atoms with E-state index in [0.29, 0.717) is 18.7 Å². The van der Waals surface area contributed by atoms with E-state index in [4.69, 9.17) is 9.84 Å². The number of amides is 1. The second-order valence-corrected chi connectivity index (χ2v) is 7.98. The molecule has 144 valence electrons. The summed E-state index contributed by atoms with van der Waals surface area (Å²) < 4.78 is 44.6. The van der Waals surface area contributed by atoms with Crippen LogP contribution in [0.2, 0.25) is 0 Å². The molecule has 1 fully saturated rings. The maximum atomic E-state index is 13.3. The van der Waals surface area contributed by atoms with Crippen LogP contribution >= 0.6 is 0 Å². The van der Waals surface area contributed by atoms with E-state index in [1.165, 1.54) is 0 Å². The molecule has 0 bridgehead atoms. The number of aliphatic hydroxyl groups is 1. The maximum absolute atomic E-state index is 13.3. The fraction of sp³-hybridized carbons (Fsp3) is 0.316. The number of hydrogen-bond donors (Lipinski definition) is 1. The van der Waals surface area contributed by atoms with E-state index in [1.807, 2.05) is 0 Å². The number of benzene rings is 2. The molecule has 1 heterocycles. The lowest BCUT2D eigenvalue weighted by atomic mass is 10.2. The summed E-state index contributed by atoms with van der Waals surface area (Å²) in [5.74, 6) is -1.28. The Bertz CT molecular complexity index is 824. The first-order chi connectivity index (χ1) is 13.0. The molecule has 1 N–H and O–H groups in total.